The number of para-hydroxylation sites is 3. The number of furan rings is 1. The molecule has 5 nitrogen and oxygen atoms in total. The normalized spacial score (nSPS) is 12.1. The third-order valence-electron chi connectivity index (χ3n) is 12.1. The summed E-state index contributed by atoms with van der Waals surface area (Å²) in [7, 11) is 0. The summed E-state index contributed by atoms with van der Waals surface area (Å²) < 4.78 is 11.6. The Bertz CT molecular complexity index is 3830. The molecule has 0 saturated carbocycles. The van der Waals surface area contributed by atoms with Gasteiger partial charge in [-0.1, -0.05) is 152 Å². The van der Waals surface area contributed by atoms with Crippen LogP contribution in [0.25, 0.3) is 121 Å². The Balaban J connectivity index is 1.18. The lowest BCUT2D eigenvalue weighted by molar-refractivity contribution is 0.673. The van der Waals surface area contributed by atoms with Crippen molar-refractivity contribution in [3.8, 4) is 34.0 Å². The molecule has 274 valence electrons. The Morgan fingerprint density at radius 1 is 0.373 bits per heavy atom. The molecular weight excluding hydrogens is 721 g/mol. The number of hydrogen-bond donors (Lipinski definition) is 0. The van der Waals surface area contributed by atoms with E-state index in [9.17, 15) is 0 Å². The van der Waals surface area contributed by atoms with Gasteiger partial charge in [0, 0.05) is 43.3 Å². The molecule has 0 bridgehead atoms. The zero-order chi connectivity index (χ0) is 38.6. The lowest BCUT2D eigenvalue weighted by Gasteiger charge is -2.13. The van der Waals surface area contributed by atoms with Crippen LogP contribution in [-0.4, -0.2) is 19.1 Å². The van der Waals surface area contributed by atoms with Crippen molar-refractivity contribution in [2.45, 2.75) is 0 Å². The van der Waals surface area contributed by atoms with Crippen LogP contribution >= 0.6 is 0 Å². The third-order valence-corrected chi connectivity index (χ3v) is 12.1. The van der Waals surface area contributed by atoms with E-state index in [-0.39, 0.29) is 0 Å². The van der Waals surface area contributed by atoms with Crippen molar-refractivity contribution >= 4 is 87.2 Å². The zero-order valence-corrected chi connectivity index (χ0v) is 31.7. The molecule has 0 aliphatic carbocycles. The van der Waals surface area contributed by atoms with Gasteiger partial charge in [0.1, 0.15) is 11.2 Å². The standard InChI is InChI=1S/C54H32N4O/c1-2-13-33(14-3-1)34-25-27-36(28-26-34)51-42-20-6-9-21-43(42)55-54(56-51)58-45-22-10-7-18-38(45)40-29-31-46-49(52(40)58)50-47(32-30-41-39-19-8-11-24-48(39)59-53(41)50)57(46)44-23-12-16-35-15-4-5-17-37(35)44/h1-32H. The molecule has 9 aromatic carbocycles. The first-order valence-corrected chi connectivity index (χ1v) is 20.0. The van der Waals surface area contributed by atoms with Crippen LogP contribution in [0.15, 0.2) is 199 Å². The highest BCUT2D eigenvalue weighted by Gasteiger charge is 2.26. The first-order chi connectivity index (χ1) is 29.3. The lowest BCUT2D eigenvalue weighted by atomic mass is 10.0. The first kappa shape index (κ1) is 32.1. The van der Waals surface area contributed by atoms with Gasteiger partial charge in [-0.3, -0.25) is 4.57 Å². The molecule has 0 amide bonds. The van der Waals surface area contributed by atoms with Gasteiger partial charge >= 0.3 is 0 Å². The van der Waals surface area contributed by atoms with Crippen molar-refractivity contribution in [1.29, 1.82) is 0 Å². The van der Waals surface area contributed by atoms with E-state index in [0.29, 0.717) is 5.95 Å². The molecule has 4 aromatic heterocycles. The zero-order valence-electron chi connectivity index (χ0n) is 31.7. The molecule has 0 atom stereocenters. The van der Waals surface area contributed by atoms with Crippen molar-refractivity contribution in [2.75, 3.05) is 0 Å². The Kier molecular flexibility index (Phi) is 6.66. The molecule has 0 radical (unpaired) electrons. The molecule has 5 heteroatoms. The van der Waals surface area contributed by atoms with Crippen molar-refractivity contribution < 1.29 is 4.42 Å². The van der Waals surface area contributed by atoms with Gasteiger partial charge in [0.2, 0.25) is 5.95 Å². The van der Waals surface area contributed by atoms with Gasteiger partial charge in [-0.15, -0.1) is 0 Å². The molecule has 59 heavy (non-hydrogen) atoms. The summed E-state index contributed by atoms with van der Waals surface area (Å²) in [5, 5.41) is 9.99. The van der Waals surface area contributed by atoms with E-state index in [4.69, 9.17) is 14.4 Å². The molecule has 0 aliphatic heterocycles. The van der Waals surface area contributed by atoms with Crippen LogP contribution in [0.1, 0.15) is 0 Å². The van der Waals surface area contributed by atoms with Crippen molar-refractivity contribution in [2.24, 2.45) is 0 Å². The van der Waals surface area contributed by atoms with E-state index in [1.165, 1.54) is 16.3 Å². The topological polar surface area (TPSA) is 48.8 Å². The van der Waals surface area contributed by atoms with Gasteiger partial charge in [0.05, 0.1) is 44.4 Å². The minimum atomic E-state index is 0.618. The third kappa shape index (κ3) is 4.61. The summed E-state index contributed by atoms with van der Waals surface area (Å²) in [6.45, 7) is 0. The van der Waals surface area contributed by atoms with Gasteiger partial charge in [-0.05, 0) is 59.0 Å². The number of fused-ring (bicyclic) bond motifs is 13. The second kappa shape index (κ2) is 12.2. The highest BCUT2D eigenvalue weighted by atomic mass is 16.3. The summed E-state index contributed by atoms with van der Waals surface area (Å²) in [4.78, 5) is 10.9. The number of rotatable bonds is 4. The predicted molar refractivity (Wildman–Crippen MR) is 244 cm³/mol. The smallest absolute Gasteiger partial charge is 0.235 e. The second-order valence-corrected chi connectivity index (χ2v) is 15.3. The van der Waals surface area contributed by atoms with Gasteiger partial charge < -0.3 is 8.98 Å². The van der Waals surface area contributed by atoms with E-state index >= 15 is 0 Å². The maximum Gasteiger partial charge on any atom is 0.235 e. The summed E-state index contributed by atoms with van der Waals surface area (Å²) in [6.07, 6.45) is 0. The predicted octanol–water partition coefficient (Wildman–Crippen LogP) is 14.2. The van der Waals surface area contributed by atoms with Crippen molar-refractivity contribution in [3.05, 3.63) is 194 Å². The van der Waals surface area contributed by atoms with Gasteiger partial charge in [0.25, 0.3) is 0 Å². The van der Waals surface area contributed by atoms with E-state index in [2.05, 4.69) is 197 Å². The molecule has 0 aliphatic rings. The Hall–Kier alpha value is -8.02. The second-order valence-electron chi connectivity index (χ2n) is 15.3. The lowest BCUT2D eigenvalue weighted by Crippen LogP contribution is -2.03. The monoisotopic (exact) mass is 752 g/mol. The van der Waals surface area contributed by atoms with Gasteiger partial charge in [-0.25, -0.2) is 9.97 Å². The molecule has 0 spiro atoms. The first-order valence-electron chi connectivity index (χ1n) is 20.0. The fourth-order valence-electron chi connectivity index (χ4n) is 9.52. The van der Waals surface area contributed by atoms with Crippen LogP contribution in [0.2, 0.25) is 0 Å². The highest BCUT2D eigenvalue weighted by molar-refractivity contribution is 6.32. The number of aromatic nitrogens is 4. The van der Waals surface area contributed by atoms with Gasteiger partial charge in [0.15, 0.2) is 0 Å². The average molecular weight is 753 g/mol. The fraction of sp³-hybridized carbons (Fsp3) is 0. The van der Waals surface area contributed by atoms with Crippen LogP contribution < -0.4 is 0 Å². The summed E-state index contributed by atoms with van der Waals surface area (Å²) >= 11 is 0. The number of benzene rings is 9. The SMILES string of the molecule is c1ccc(-c2ccc(-c3nc(-n4c5ccccc5c5ccc6c(c7c8oc9ccccc9c8ccc7n6-c6cccc7ccccc67)c54)nc4ccccc34)cc2)cc1. The number of hydrogen-bond acceptors (Lipinski definition) is 3. The highest BCUT2D eigenvalue weighted by Crippen LogP contribution is 2.46. The van der Waals surface area contributed by atoms with Crippen molar-refractivity contribution in [3.63, 3.8) is 0 Å². The molecule has 0 fully saturated rings. The maximum absolute atomic E-state index is 6.90. The summed E-state index contributed by atoms with van der Waals surface area (Å²) in [5.74, 6) is 0.618. The average Bonchev–Trinajstić information content (AvgIpc) is 3.96. The van der Waals surface area contributed by atoms with Crippen molar-refractivity contribution in [1.82, 2.24) is 19.1 Å². The van der Waals surface area contributed by atoms with Crippen LogP contribution in [0.4, 0.5) is 0 Å². The van der Waals surface area contributed by atoms with E-state index < -0.39 is 0 Å². The maximum atomic E-state index is 6.90. The molecule has 13 rings (SSSR count). The molecule has 13 aromatic rings. The number of nitrogens with zero attached hydrogens (tertiary/aromatic N) is 4. The Morgan fingerprint density at radius 3 is 1.88 bits per heavy atom. The minimum absolute atomic E-state index is 0.618. The van der Waals surface area contributed by atoms with E-state index in [1.54, 1.807) is 0 Å². The molecule has 4 heterocycles. The molecule has 0 unspecified atom stereocenters. The van der Waals surface area contributed by atoms with E-state index in [1.807, 2.05) is 6.07 Å². The van der Waals surface area contributed by atoms with Crippen LogP contribution in [0, 0.1) is 0 Å². The van der Waals surface area contributed by atoms with E-state index in [0.717, 1.165) is 99.0 Å². The molecule has 0 N–H and O–H groups in total. The van der Waals surface area contributed by atoms with Crippen LogP contribution in [-0.2, 0) is 0 Å². The van der Waals surface area contributed by atoms with Crippen LogP contribution in [0.3, 0.4) is 0 Å². The molecular formula is C54H32N4O. The summed E-state index contributed by atoms with van der Waals surface area (Å²) in [5.41, 5.74) is 12.3. The molecule has 0 saturated heterocycles. The minimum Gasteiger partial charge on any atom is -0.455 e. The Labute approximate surface area is 337 Å². The fourth-order valence-corrected chi connectivity index (χ4v) is 9.52. The summed E-state index contributed by atoms with van der Waals surface area (Å²) in [6, 6.07) is 68.8. The quantitative estimate of drug-likeness (QED) is 0.180. The largest absolute Gasteiger partial charge is 0.455 e. The van der Waals surface area contributed by atoms with Gasteiger partial charge in [-0.2, -0.15) is 0 Å². The Morgan fingerprint density at radius 2 is 1.02 bits per heavy atom. The van der Waals surface area contributed by atoms with Crippen LogP contribution in [0.5, 0.6) is 0 Å².